The maximum absolute atomic E-state index is 9.22. The number of pyridine rings is 1. The van der Waals surface area contributed by atoms with Crippen molar-refractivity contribution in [2.24, 2.45) is 0 Å². The second-order valence-corrected chi connectivity index (χ2v) is 5.14. The van der Waals surface area contributed by atoms with Crippen LogP contribution in [0.15, 0.2) is 18.5 Å². The summed E-state index contributed by atoms with van der Waals surface area (Å²) in [7, 11) is 0. The lowest BCUT2D eigenvalue weighted by molar-refractivity contribution is 0.141. The molecule has 4 nitrogen and oxygen atoms in total. The van der Waals surface area contributed by atoms with E-state index in [-0.39, 0.29) is 12.6 Å². The molecule has 1 atom stereocenters. The summed E-state index contributed by atoms with van der Waals surface area (Å²) in [6, 6.07) is 2.20. The standard InChI is InChI=1S/C13H20ClN3O/c1-11(10-18)16-5-2-6-17(8-7-16)13-3-4-15-9-12(13)14/h3-4,9,11,18H,2,5-8,10H2,1H3. The number of hydrogen-bond donors (Lipinski definition) is 1. The van der Waals surface area contributed by atoms with Crippen molar-refractivity contribution in [1.82, 2.24) is 9.88 Å². The number of aliphatic hydroxyl groups is 1. The van der Waals surface area contributed by atoms with Crippen LogP contribution in [0.5, 0.6) is 0 Å². The highest BCUT2D eigenvalue weighted by Crippen LogP contribution is 2.25. The predicted molar refractivity (Wildman–Crippen MR) is 74.2 cm³/mol. The molecule has 1 aliphatic rings. The topological polar surface area (TPSA) is 39.6 Å². The quantitative estimate of drug-likeness (QED) is 0.905. The summed E-state index contributed by atoms with van der Waals surface area (Å²) in [6.07, 6.45) is 4.55. The monoisotopic (exact) mass is 269 g/mol. The summed E-state index contributed by atoms with van der Waals surface area (Å²) in [5.74, 6) is 0. The van der Waals surface area contributed by atoms with Crippen LogP contribution >= 0.6 is 11.6 Å². The Bertz CT molecular complexity index is 388. The number of hydrogen-bond acceptors (Lipinski definition) is 4. The Labute approximate surface area is 113 Å². The minimum Gasteiger partial charge on any atom is -0.395 e. The van der Waals surface area contributed by atoms with Crippen molar-refractivity contribution in [3.8, 4) is 0 Å². The molecule has 2 rings (SSSR count). The molecule has 1 aliphatic heterocycles. The lowest BCUT2D eigenvalue weighted by Gasteiger charge is -2.27. The highest BCUT2D eigenvalue weighted by molar-refractivity contribution is 6.33. The van der Waals surface area contributed by atoms with Crippen LogP contribution in [0.4, 0.5) is 5.69 Å². The molecule has 0 spiro atoms. The second-order valence-electron chi connectivity index (χ2n) is 4.74. The van der Waals surface area contributed by atoms with Crippen LogP contribution in [0, 0.1) is 0 Å². The summed E-state index contributed by atoms with van der Waals surface area (Å²) in [6.45, 7) is 6.21. The third-order valence-electron chi connectivity index (χ3n) is 3.51. The van der Waals surface area contributed by atoms with Gasteiger partial charge in [-0.3, -0.25) is 9.88 Å². The van der Waals surface area contributed by atoms with Gasteiger partial charge < -0.3 is 10.0 Å². The summed E-state index contributed by atoms with van der Waals surface area (Å²) in [5.41, 5.74) is 1.06. The van der Waals surface area contributed by atoms with Crippen LogP contribution in [-0.2, 0) is 0 Å². The molecule has 0 aromatic carbocycles. The smallest absolute Gasteiger partial charge is 0.0822 e. The third-order valence-corrected chi connectivity index (χ3v) is 3.80. The van der Waals surface area contributed by atoms with Gasteiger partial charge in [-0.1, -0.05) is 11.6 Å². The average molecular weight is 270 g/mol. The van der Waals surface area contributed by atoms with Gasteiger partial charge >= 0.3 is 0 Å². The van der Waals surface area contributed by atoms with Gasteiger partial charge in [0.15, 0.2) is 0 Å². The normalized spacial score (nSPS) is 19.6. The van der Waals surface area contributed by atoms with Crippen molar-refractivity contribution >= 4 is 17.3 Å². The second kappa shape index (κ2) is 6.36. The van der Waals surface area contributed by atoms with Crippen LogP contribution in [0.2, 0.25) is 5.02 Å². The minimum absolute atomic E-state index is 0.218. The number of anilines is 1. The van der Waals surface area contributed by atoms with Gasteiger partial charge in [0, 0.05) is 44.6 Å². The van der Waals surface area contributed by atoms with E-state index in [1.165, 1.54) is 0 Å². The number of aliphatic hydroxyl groups excluding tert-OH is 1. The van der Waals surface area contributed by atoms with Gasteiger partial charge in [-0.25, -0.2) is 0 Å². The molecule has 5 heteroatoms. The largest absolute Gasteiger partial charge is 0.395 e. The summed E-state index contributed by atoms with van der Waals surface area (Å²) < 4.78 is 0. The Balaban J connectivity index is 2.03. The van der Waals surface area contributed by atoms with Crippen molar-refractivity contribution in [2.75, 3.05) is 37.7 Å². The van der Waals surface area contributed by atoms with Gasteiger partial charge in [0.1, 0.15) is 0 Å². The molecule has 1 aromatic rings. The zero-order chi connectivity index (χ0) is 13.0. The Morgan fingerprint density at radius 3 is 2.94 bits per heavy atom. The minimum atomic E-state index is 0.218. The summed E-state index contributed by atoms with van der Waals surface area (Å²) in [4.78, 5) is 8.65. The van der Waals surface area contributed by atoms with E-state index in [2.05, 4.69) is 21.7 Å². The molecule has 0 radical (unpaired) electrons. The number of aromatic nitrogens is 1. The Hall–Kier alpha value is -0.840. The van der Waals surface area contributed by atoms with E-state index in [0.29, 0.717) is 5.02 Å². The Kier molecular flexibility index (Phi) is 4.80. The molecule has 1 fully saturated rings. The van der Waals surface area contributed by atoms with Crippen LogP contribution in [0.1, 0.15) is 13.3 Å². The summed E-state index contributed by atoms with van der Waals surface area (Å²) in [5, 5.41) is 9.93. The average Bonchev–Trinajstić information content (AvgIpc) is 2.64. The molecule has 0 bridgehead atoms. The van der Waals surface area contributed by atoms with Gasteiger partial charge in [-0.05, 0) is 19.4 Å². The lowest BCUT2D eigenvalue weighted by atomic mass is 10.3. The molecular weight excluding hydrogens is 250 g/mol. The van der Waals surface area contributed by atoms with Gasteiger partial charge in [-0.2, -0.15) is 0 Å². The van der Waals surface area contributed by atoms with Gasteiger partial charge in [0.05, 0.1) is 17.3 Å². The van der Waals surface area contributed by atoms with Gasteiger partial charge in [0.2, 0.25) is 0 Å². The fourth-order valence-corrected chi connectivity index (χ4v) is 2.60. The highest BCUT2D eigenvalue weighted by Gasteiger charge is 2.19. The molecule has 1 saturated heterocycles. The third kappa shape index (κ3) is 3.13. The Morgan fingerprint density at radius 1 is 1.39 bits per heavy atom. The first-order valence-corrected chi connectivity index (χ1v) is 6.79. The molecular formula is C13H20ClN3O. The fourth-order valence-electron chi connectivity index (χ4n) is 2.36. The molecule has 1 N–H and O–H groups in total. The van der Waals surface area contributed by atoms with E-state index < -0.39 is 0 Å². The predicted octanol–water partition coefficient (Wildman–Crippen LogP) is 1.63. The van der Waals surface area contributed by atoms with E-state index in [9.17, 15) is 5.11 Å². The van der Waals surface area contributed by atoms with Crippen molar-refractivity contribution < 1.29 is 5.11 Å². The first-order chi connectivity index (χ1) is 8.72. The van der Waals surface area contributed by atoms with E-state index in [1.54, 1.807) is 12.4 Å². The number of rotatable bonds is 3. The maximum atomic E-state index is 9.22. The van der Waals surface area contributed by atoms with Crippen molar-refractivity contribution in [3.63, 3.8) is 0 Å². The first kappa shape index (κ1) is 13.6. The fraction of sp³-hybridized carbons (Fsp3) is 0.615. The van der Waals surface area contributed by atoms with Crippen LogP contribution < -0.4 is 4.90 Å². The zero-order valence-corrected chi connectivity index (χ0v) is 11.5. The molecule has 1 unspecified atom stereocenters. The maximum Gasteiger partial charge on any atom is 0.0822 e. The van der Waals surface area contributed by atoms with E-state index in [0.717, 1.165) is 38.3 Å². The highest BCUT2D eigenvalue weighted by atomic mass is 35.5. The summed E-state index contributed by atoms with van der Waals surface area (Å²) >= 11 is 6.18. The molecule has 100 valence electrons. The lowest BCUT2D eigenvalue weighted by Crippen LogP contribution is -2.38. The van der Waals surface area contributed by atoms with Gasteiger partial charge in [-0.15, -0.1) is 0 Å². The van der Waals surface area contributed by atoms with Crippen molar-refractivity contribution in [3.05, 3.63) is 23.5 Å². The van der Waals surface area contributed by atoms with E-state index in [1.807, 2.05) is 6.07 Å². The molecule has 1 aromatic heterocycles. The first-order valence-electron chi connectivity index (χ1n) is 6.41. The van der Waals surface area contributed by atoms with Gasteiger partial charge in [0.25, 0.3) is 0 Å². The van der Waals surface area contributed by atoms with Crippen LogP contribution in [0.3, 0.4) is 0 Å². The molecule has 0 aliphatic carbocycles. The molecule has 0 amide bonds. The van der Waals surface area contributed by atoms with Crippen LogP contribution in [0.25, 0.3) is 0 Å². The molecule has 2 heterocycles. The SMILES string of the molecule is CC(CO)N1CCCN(c2ccncc2Cl)CC1. The number of halogens is 1. The zero-order valence-electron chi connectivity index (χ0n) is 10.7. The van der Waals surface area contributed by atoms with Crippen molar-refractivity contribution in [2.45, 2.75) is 19.4 Å². The number of nitrogens with zero attached hydrogens (tertiary/aromatic N) is 3. The van der Waals surface area contributed by atoms with Crippen LogP contribution in [-0.4, -0.2) is 53.8 Å². The molecule has 18 heavy (non-hydrogen) atoms. The van der Waals surface area contributed by atoms with E-state index >= 15 is 0 Å². The Morgan fingerprint density at radius 2 is 2.22 bits per heavy atom. The van der Waals surface area contributed by atoms with Crippen molar-refractivity contribution in [1.29, 1.82) is 0 Å². The van der Waals surface area contributed by atoms with E-state index in [4.69, 9.17) is 11.6 Å². The molecule has 0 saturated carbocycles.